The standard InChI is InChI=1S/C22H33N3O5/c1-29-17-9-7-16(8-10-17)24-22(28)25-19-12-11-18(30-20(19)14-26)13-21(27)23-15-5-3-2-4-6-15/h7-10,15,18-20,26H,2-6,11-14H2,1H3,(H,23,27)(H2,24,25,28)/t18-,19+,20+/m1/s1. The van der Waals surface area contributed by atoms with Crippen molar-refractivity contribution in [1.29, 1.82) is 0 Å². The summed E-state index contributed by atoms with van der Waals surface area (Å²) in [5.41, 5.74) is 0.642. The highest BCUT2D eigenvalue weighted by Crippen LogP contribution is 2.23. The molecular weight excluding hydrogens is 386 g/mol. The third-order valence-electron chi connectivity index (χ3n) is 5.84. The molecule has 1 saturated carbocycles. The smallest absolute Gasteiger partial charge is 0.319 e. The predicted molar refractivity (Wildman–Crippen MR) is 114 cm³/mol. The molecule has 0 spiro atoms. The van der Waals surface area contributed by atoms with Gasteiger partial charge in [-0.25, -0.2) is 4.79 Å². The van der Waals surface area contributed by atoms with Crippen LogP contribution in [0.1, 0.15) is 51.4 Å². The van der Waals surface area contributed by atoms with Crippen molar-refractivity contribution in [1.82, 2.24) is 10.6 Å². The van der Waals surface area contributed by atoms with Crippen molar-refractivity contribution in [3.05, 3.63) is 24.3 Å². The highest BCUT2D eigenvalue weighted by atomic mass is 16.5. The first kappa shape index (κ1) is 22.4. The van der Waals surface area contributed by atoms with E-state index in [0.29, 0.717) is 24.3 Å². The summed E-state index contributed by atoms with van der Waals surface area (Å²) in [5.74, 6) is 0.716. The van der Waals surface area contributed by atoms with Gasteiger partial charge in [-0.15, -0.1) is 0 Å². The largest absolute Gasteiger partial charge is 0.497 e. The van der Waals surface area contributed by atoms with Gasteiger partial charge in [0.2, 0.25) is 5.91 Å². The van der Waals surface area contributed by atoms with Crippen LogP contribution >= 0.6 is 0 Å². The second-order valence-corrected chi connectivity index (χ2v) is 8.10. The molecule has 4 N–H and O–H groups in total. The number of urea groups is 1. The number of hydrogen-bond donors (Lipinski definition) is 4. The number of benzene rings is 1. The minimum atomic E-state index is -0.534. The third kappa shape index (κ3) is 6.60. The summed E-state index contributed by atoms with van der Waals surface area (Å²) >= 11 is 0. The number of aliphatic hydroxyl groups excluding tert-OH is 1. The Morgan fingerprint density at radius 1 is 1.07 bits per heavy atom. The van der Waals surface area contributed by atoms with Gasteiger partial charge in [-0.05, 0) is 49.9 Å². The molecule has 30 heavy (non-hydrogen) atoms. The number of anilines is 1. The molecule has 0 aromatic heterocycles. The number of hydrogen-bond acceptors (Lipinski definition) is 5. The lowest BCUT2D eigenvalue weighted by Crippen LogP contribution is -2.52. The summed E-state index contributed by atoms with van der Waals surface area (Å²) in [7, 11) is 1.58. The van der Waals surface area contributed by atoms with Gasteiger partial charge in [0, 0.05) is 11.7 Å². The molecule has 8 nitrogen and oxygen atoms in total. The van der Waals surface area contributed by atoms with Crippen molar-refractivity contribution in [2.24, 2.45) is 0 Å². The lowest BCUT2D eigenvalue weighted by molar-refractivity contribution is -0.131. The zero-order chi connectivity index (χ0) is 21.3. The lowest BCUT2D eigenvalue weighted by Gasteiger charge is -2.36. The Morgan fingerprint density at radius 2 is 1.80 bits per heavy atom. The van der Waals surface area contributed by atoms with Crippen molar-refractivity contribution >= 4 is 17.6 Å². The number of aliphatic hydroxyl groups is 1. The van der Waals surface area contributed by atoms with Crippen molar-refractivity contribution < 1.29 is 24.2 Å². The second kappa shape index (κ2) is 11.2. The van der Waals surface area contributed by atoms with Crippen LogP contribution < -0.4 is 20.7 Å². The maximum absolute atomic E-state index is 12.3. The summed E-state index contributed by atoms with van der Waals surface area (Å²) in [6.45, 7) is -0.214. The fourth-order valence-electron chi connectivity index (χ4n) is 4.20. The zero-order valence-electron chi connectivity index (χ0n) is 17.6. The van der Waals surface area contributed by atoms with Crippen LogP contribution in [0.15, 0.2) is 24.3 Å². The van der Waals surface area contributed by atoms with Gasteiger partial charge >= 0.3 is 6.03 Å². The van der Waals surface area contributed by atoms with E-state index in [4.69, 9.17) is 9.47 Å². The average Bonchev–Trinajstić information content (AvgIpc) is 2.76. The SMILES string of the molecule is COc1ccc(NC(=O)N[C@H]2CC[C@H](CC(=O)NC3CCCCC3)O[C@H]2CO)cc1. The number of methoxy groups -OCH3 is 1. The van der Waals surface area contributed by atoms with E-state index in [1.165, 1.54) is 19.3 Å². The van der Waals surface area contributed by atoms with Crippen LogP contribution in [-0.4, -0.2) is 55.1 Å². The number of carbonyl (C=O) groups excluding carboxylic acids is 2. The molecule has 1 aromatic carbocycles. The molecule has 8 heteroatoms. The van der Waals surface area contributed by atoms with Gasteiger partial charge in [0.1, 0.15) is 11.9 Å². The Bertz CT molecular complexity index is 691. The molecule has 1 aliphatic heterocycles. The Labute approximate surface area is 177 Å². The van der Waals surface area contributed by atoms with Gasteiger partial charge in [0.25, 0.3) is 0 Å². The maximum atomic E-state index is 12.3. The molecular formula is C22H33N3O5. The fourth-order valence-corrected chi connectivity index (χ4v) is 4.20. The van der Waals surface area contributed by atoms with Crippen LogP contribution in [0, 0.1) is 0 Å². The van der Waals surface area contributed by atoms with E-state index < -0.39 is 6.10 Å². The molecule has 1 aromatic rings. The van der Waals surface area contributed by atoms with E-state index in [1.807, 2.05) is 0 Å². The van der Waals surface area contributed by atoms with Gasteiger partial charge in [0.05, 0.1) is 32.3 Å². The molecule has 0 bridgehead atoms. The molecule has 3 amide bonds. The molecule has 0 unspecified atom stereocenters. The highest BCUT2D eigenvalue weighted by Gasteiger charge is 2.33. The maximum Gasteiger partial charge on any atom is 0.319 e. The number of ether oxygens (including phenoxy) is 2. The van der Waals surface area contributed by atoms with E-state index in [0.717, 1.165) is 12.8 Å². The number of rotatable bonds is 7. The molecule has 2 fully saturated rings. The van der Waals surface area contributed by atoms with E-state index in [9.17, 15) is 14.7 Å². The van der Waals surface area contributed by atoms with Gasteiger partial charge in [-0.3, -0.25) is 4.79 Å². The molecule has 3 atom stereocenters. The fraction of sp³-hybridized carbons (Fsp3) is 0.636. The van der Waals surface area contributed by atoms with Crippen LogP contribution in [0.2, 0.25) is 0 Å². The van der Waals surface area contributed by atoms with Crippen LogP contribution in [0.3, 0.4) is 0 Å². The van der Waals surface area contributed by atoms with E-state index in [2.05, 4.69) is 16.0 Å². The molecule has 0 radical (unpaired) electrons. The van der Waals surface area contributed by atoms with Gasteiger partial charge in [0.15, 0.2) is 0 Å². The lowest BCUT2D eigenvalue weighted by atomic mass is 9.94. The van der Waals surface area contributed by atoms with Gasteiger partial charge in [-0.2, -0.15) is 0 Å². The molecule has 166 valence electrons. The Hall–Kier alpha value is -2.32. The Balaban J connectivity index is 1.43. The molecule has 1 heterocycles. The van der Waals surface area contributed by atoms with E-state index in [-0.39, 0.29) is 43.2 Å². The summed E-state index contributed by atoms with van der Waals surface area (Å²) < 4.78 is 11.0. The first-order valence-corrected chi connectivity index (χ1v) is 10.8. The van der Waals surface area contributed by atoms with Gasteiger partial charge < -0.3 is 30.5 Å². The topological polar surface area (TPSA) is 109 Å². The normalized spacial score (nSPS) is 24.7. The Kier molecular flexibility index (Phi) is 8.33. The highest BCUT2D eigenvalue weighted by molar-refractivity contribution is 5.89. The summed E-state index contributed by atoms with van der Waals surface area (Å²) in [5, 5.41) is 18.5. The van der Waals surface area contributed by atoms with Crippen LogP contribution in [-0.2, 0) is 9.53 Å². The number of carbonyl (C=O) groups is 2. The number of nitrogens with one attached hydrogen (secondary N) is 3. The zero-order valence-corrected chi connectivity index (χ0v) is 17.6. The first-order valence-electron chi connectivity index (χ1n) is 10.8. The minimum Gasteiger partial charge on any atom is -0.497 e. The summed E-state index contributed by atoms with van der Waals surface area (Å²) in [6, 6.07) is 6.63. The quantitative estimate of drug-likeness (QED) is 0.543. The van der Waals surface area contributed by atoms with Gasteiger partial charge in [-0.1, -0.05) is 19.3 Å². The molecule has 1 saturated heterocycles. The van der Waals surface area contributed by atoms with Crippen molar-refractivity contribution in [2.45, 2.75) is 75.7 Å². The second-order valence-electron chi connectivity index (χ2n) is 8.10. The Morgan fingerprint density at radius 3 is 2.47 bits per heavy atom. The van der Waals surface area contributed by atoms with E-state index in [1.54, 1.807) is 31.4 Å². The first-order chi connectivity index (χ1) is 14.6. The third-order valence-corrected chi connectivity index (χ3v) is 5.84. The average molecular weight is 420 g/mol. The summed E-state index contributed by atoms with van der Waals surface area (Å²) in [6.07, 6.45) is 6.49. The van der Waals surface area contributed by atoms with Crippen molar-refractivity contribution in [3.8, 4) is 5.75 Å². The van der Waals surface area contributed by atoms with Crippen molar-refractivity contribution in [2.75, 3.05) is 19.0 Å². The monoisotopic (exact) mass is 419 g/mol. The van der Waals surface area contributed by atoms with Crippen molar-refractivity contribution in [3.63, 3.8) is 0 Å². The summed E-state index contributed by atoms with van der Waals surface area (Å²) in [4.78, 5) is 24.7. The molecule has 2 aliphatic rings. The predicted octanol–water partition coefficient (Wildman–Crippen LogP) is 2.56. The minimum absolute atomic E-state index is 0.00671. The molecule has 3 rings (SSSR count). The van der Waals surface area contributed by atoms with Crippen LogP contribution in [0.25, 0.3) is 0 Å². The molecule has 1 aliphatic carbocycles. The van der Waals surface area contributed by atoms with Crippen LogP contribution in [0.4, 0.5) is 10.5 Å². The number of amides is 3. The van der Waals surface area contributed by atoms with E-state index >= 15 is 0 Å². The van der Waals surface area contributed by atoms with Crippen LogP contribution in [0.5, 0.6) is 5.75 Å².